The minimum absolute atomic E-state index is 0.0902. The second-order valence-electron chi connectivity index (χ2n) is 6.32. The highest BCUT2D eigenvalue weighted by Gasteiger charge is 2.25. The Labute approximate surface area is 129 Å². The van der Waals surface area contributed by atoms with Crippen LogP contribution in [0, 0.1) is 18.7 Å². The van der Waals surface area contributed by atoms with Gasteiger partial charge in [-0.1, -0.05) is 39.8 Å². The summed E-state index contributed by atoms with van der Waals surface area (Å²) in [4.78, 5) is 2.47. The molecule has 1 aromatic carbocycles. The minimum atomic E-state index is -0.139. The van der Waals surface area contributed by atoms with E-state index in [1.54, 1.807) is 13.0 Å². The lowest BCUT2D eigenvalue weighted by Crippen LogP contribution is -2.43. The van der Waals surface area contributed by atoms with Gasteiger partial charge in [-0.2, -0.15) is 0 Å². The summed E-state index contributed by atoms with van der Waals surface area (Å²) in [7, 11) is 0. The third-order valence-electron chi connectivity index (χ3n) is 4.19. The van der Waals surface area contributed by atoms with Crippen LogP contribution in [0.4, 0.5) is 4.39 Å². The summed E-state index contributed by atoms with van der Waals surface area (Å²) in [5, 5.41) is 0. The van der Waals surface area contributed by atoms with Crippen molar-refractivity contribution in [1.29, 1.82) is 0 Å². The van der Waals surface area contributed by atoms with E-state index in [0.29, 0.717) is 24.1 Å². The van der Waals surface area contributed by atoms with Crippen LogP contribution in [-0.2, 0) is 0 Å². The van der Waals surface area contributed by atoms with E-state index in [4.69, 9.17) is 5.73 Å². The molecule has 3 heteroatoms. The number of rotatable bonds is 8. The molecule has 0 aliphatic rings. The number of hydrogen-bond donors (Lipinski definition) is 1. The lowest BCUT2D eigenvalue weighted by atomic mass is 9.98. The van der Waals surface area contributed by atoms with Gasteiger partial charge >= 0.3 is 0 Å². The normalized spacial score (nSPS) is 13.4. The Morgan fingerprint density at radius 2 is 1.81 bits per heavy atom. The number of nitrogens with two attached hydrogens (primary N) is 1. The van der Waals surface area contributed by atoms with Crippen LogP contribution in [0.25, 0.3) is 0 Å². The van der Waals surface area contributed by atoms with Crippen LogP contribution in [-0.4, -0.2) is 24.0 Å². The monoisotopic (exact) mass is 294 g/mol. The van der Waals surface area contributed by atoms with Crippen LogP contribution in [0.3, 0.4) is 0 Å². The number of hydrogen-bond acceptors (Lipinski definition) is 2. The topological polar surface area (TPSA) is 29.3 Å². The van der Waals surface area contributed by atoms with Crippen molar-refractivity contribution in [3.05, 3.63) is 35.1 Å². The predicted octanol–water partition coefficient (Wildman–Crippen LogP) is 4.28. The van der Waals surface area contributed by atoms with Crippen molar-refractivity contribution in [1.82, 2.24) is 4.90 Å². The second-order valence-corrected chi connectivity index (χ2v) is 6.32. The summed E-state index contributed by atoms with van der Waals surface area (Å²) < 4.78 is 13.9. The third kappa shape index (κ3) is 4.79. The number of benzene rings is 1. The maximum atomic E-state index is 13.9. The predicted molar refractivity (Wildman–Crippen MR) is 88.8 cm³/mol. The molecular weight excluding hydrogens is 263 g/mol. The van der Waals surface area contributed by atoms with Crippen molar-refractivity contribution >= 4 is 0 Å². The zero-order valence-electron chi connectivity index (χ0n) is 14.2. The van der Waals surface area contributed by atoms with E-state index in [1.807, 2.05) is 12.1 Å². The first-order valence-electron chi connectivity index (χ1n) is 8.16. The highest BCUT2D eigenvalue weighted by molar-refractivity contribution is 5.26. The summed E-state index contributed by atoms with van der Waals surface area (Å²) in [6.45, 7) is 12.2. The van der Waals surface area contributed by atoms with E-state index in [0.717, 1.165) is 24.9 Å². The molecule has 0 aromatic heterocycles. The van der Waals surface area contributed by atoms with Crippen LogP contribution < -0.4 is 5.73 Å². The summed E-state index contributed by atoms with van der Waals surface area (Å²) in [6, 6.07) is 6.11. The largest absolute Gasteiger partial charge is 0.329 e. The zero-order valence-corrected chi connectivity index (χ0v) is 14.2. The van der Waals surface area contributed by atoms with Gasteiger partial charge in [0.15, 0.2) is 0 Å². The summed E-state index contributed by atoms with van der Waals surface area (Å²) in [5.41, 5.74) is 7.73. The fourth-order valence-corrected chi connectivity index (χ4v) is 2.99. The summed E-state index contributed by atoms with van der Waals surface area (Å²) in [5.74, 6) is 0.426. The molecule has 0 saturated carbocycles. The molecule has 0 spiro atoms. The van der Waals surface area contributed by atoms with Gasteiger partial charge in [0.2, 0.25) is 0 Å². The average Bonchev–Trinajstić information content (AvgIpc) is 2.44. The van der Waals surface area contributed by atoms with Crippen molar-refractivity contribution in [2.75, 3.05) is 13.1 Å². The van der Waals surface area contributed by atoms with Crippen molar-refractivity contribution in [3.63, 3.8) is 0 Å². The van der Waals surface area contributed by atoms with E-state index in [9.17, 15) is 4.39 Å². The third-order valence-corrected chi connectivity index (χ3v) is 4.19. The molecule has 1 aromatic rings. The number of halogens is 1. The number of nitrogens with zero attached hydrogens (tertiary/aromatic N) is 1. The molecule has 1 atom stereocenters. The zero-order chi connectivity index (χ0) is 16.0. The van der Waals surface area contributed by atoms with Crippen molar-refractivity contribution < 1.29 is 4.39 Å². The lowest BCUT2D eigenvalue weighted by Gasteiger charge is -2.38. The van der Waals surface area contributed by atoms with Gasteiger partial charge in [0.25, 0.3) is 0 Å². The molecule has 0 saturated heterocycles. The van der Waals surface area contributed by atoms with Crippen molar-refractivity contribution in [2.45, 2.75) is 59.5 Å². The van der Waals surface area contributed by atoms with Crippen molar-refractivity contribution in [2.24, 2.45) is 11.7 Å². The van der Waals surface area contributed by atoms with E-state index in [-0.39, 0.29) is 11.9 Å². The first-order valence-corrected chi connectivity index (χ1v) is 8.16. The van der Waals surface area contributed by atoms with Gasteiger partial charge < -0.3 is 5.73 Å². The minimum Gasteiger partial charge on any atom is -0.329 e. The molecule has 0 aliphatic heterocycles. The smallest absolute Gasteiger partial charge is 0.126 e. The summed E-state index contributed by atoms with van der Waals surface area (Å²) >= 11 is 0. The highest BCUT2D eigenvalue weighted by atomic mass is 19.1. The molecule has 1 unspecified atom stereocenters. The Hall–Kier alpha value is -0.930. The molecule has 120 valence electrons. The summed E-state index contributed by atoms with van der Waals surface area (Å²) in [6.07, 6.45) is 2.18. The van der Waals surface area contributed by atoms with E-state index >= 15 is 0 Å². The molecular formula is C18H31FN2. The lowest BCUT2D eigenvalue weighted by molar-refractivity contribution is 0.112. The molecule has 0 radical (unpaired) electrons. The van der Waals surface area contributed by atoms with E-state index in [1.165, 1.54) is 0 Å². The van der Waals surface area contributed by atoms with Crippen LogP contribution in [0.1, 0.15) is 57.7 Å². The molecule has 1 rings (SSSR count). The Bertz CT molecular complexity index is 427. The molecule has 0 heterocycles. The average molecular weight is 294 g/mol. The maximum Gasteiger partial charge on any atom is 0.126 e. The van der Waals surface area contributed by atoms with Gasteiger partial charge in [-0.3, -0.25) is 4.90 Å². The van der Waals surface area contributed by atoms with Gasteiger partial charge in [-0.15, -0.1) is 0 Å². The Morgan fingerprint density at radius 3 is 2.24 bits per heavy atom. The Morgan fingerprint density at radius 1 is 1.19 bits per heavy atom. The highest BCUT2D eigenvalue weighted by Crippen LogP contribution is 2.27. The fraction of sp³-hybridized carbons (Fsp3) is 0.667. The fourth-order valence-electron chi connectivity index (χ4n) is 2.99. The molecule has 0 bridgehead atoms. The van der Waals surface area contributed by atoms with Gasteiger partial charge in [0.05, 0.1) is 0 Å². The molecule has 0 fully saturated rings. The first kappa shape index (κ1) is 18.1. The second kappa shape index (κ2) is 8.50. The Balaban J connectivity index is 3.12. The SMILES string of the molecule is CCC(CC)N(CC(C)C)C(CN)c1ccc(C)c(F)c1. The quantitative estimate of drug-likeness (QED) is 0.775. The Kier molecular flexibility index (Phi) is 7.33. The molecule has 0 amide bonds. The van der Waals surface area contributed by atoms with Crippen LogP contribution in [0.15, 0.2) is 18.2 Å². The molecule has 0 aliphatic carbocycles. The maximum absolute atomic E-state index is 13.9. The van der Waals surface area contributed by atoms with Crippen molar-refractivity contribution in [3.8, 4) is 0 Å². The van der Waals surface area contributed by atoms with Gasteiger partial charge in [-0.05, 0) is 42.9 Å². The van der Waals surface area contributed by atoms with Crippen LogP contribution in [0.5, 0.6) is 0 Å². The van der Waals surface area contributed by atoms with Crippen LogP contribution >= 0.6 is 0 Å². The van der Waals surface area contributed by atoms with E-state index in [2.05, 4.69) is 32.6 Å². The van der Waals surface area contributed by atoms with Gasteiger partial charge in [0.1, 0.15) is 5.82 Å². The number of aryl methyl sites for hydroxylation is 1. The molecule has 21 heavy (non-hydrogen) atoms. The van der Waals surface area contributed by atoms with Crippen LogP contribution in [0.2, 0.25) is 0 Å². The first-order chi connectivity index (χ1) is 9.94. The van der Waals surface area contributed by atoms with Gasteiger partial charge in [-0.25, -0.2) is 4.39 Å². The molecule has 2 nitrogen and oxygen atoms in total. The molecule has 2 N–H and O–H groups in total. The standard InChI is InChI=1S/C18H31FN2/c1-6-16(7-2)21(12-13(3)4)18(11-20)15-9-8-14(5)17(19)10-15/h8-10,13,16,18H,6-7,11-12,20H2,1-5H3. The van der Waals surface area contributed by atoms with E-state index < -0.39 is 0 Å². The van der Waals surface area contributed by atoms with Gasteiger partial charge in [0, 0.05) is 25.2 Å².